The molecule has 0 radical (unpaired) electrons. The Morgan fingerprint density at radius 1 is 1.37 bits per heavy atom. The zero-order chi connectivity index (χ0) is 14.0. The molecule has 2 rings (SSSR count). The van der Waals surface area contributed by atoms with Crippen molar-refractivity contribution in [2.75, 3.05) is 10.7 Å². The van der Waals surface area contributed by atoms with Crippen LogP contribution in [0.2, 0.25) is 0 Å². The number of carbonyl (C=O) groups is 1. The molecule has 0 spiro atoms. The summed E-state index contributed by atoms with van der Waals surface area (Å²) in [4.78, 5) is 15.8. The van der Waals surface area contributed by atoms with Crippen molar-refractivity contribution >= 4 is 28.1 Å². The number of carbonyl (C=O) groups excluding carboxylic acids is 1. The molecule has 100 valence electrons. The van der Waals surface area contributed by atoms with Crippen LogP contribution < -0.4 is 16.6 Å². The third-order valence-corrected chi connectivity index (χ3v) is 3.16. The first kappa shape index (κ1) is 13.4. The zero-order valence-electron chi connectivity index (χ0n) is 9.83. The minimum absolute atomic E-state index is 0.151. The fourth-order valence-electron chi connectivity index (χ4n) is 1.42. The van der Waals surface area contributed by atoms with Crippen LogP contribution >= 0.6 is 11.3 Å². The van der Waals surface area contributed by atoms with Crippen LogP contribution in [0.15, 0.2) is 17.5 Å². The van der Waals surface area contributed by atoms with Crippen molar-refractivity contribution < 1.29 is 13.6 Å². The molecule has 19 heavy (non-hydrogen) atoms. The van der Waals surface area contributed by atoms with Crippen LogP contribution in [0.3, 0.4) is 0 Å². The molecule has 8 heteroatoms. The van der Waals surface area contributed by atoms with Crippen LogP contribution in [0.1, 0.15) is 16.1 Å². The van der Waals surface area contributed by atoms with Crippen molar-refractivity contribution in [3.63, 3.8) is 0 Å². The SMILES string of the molecule is Cc1csc(NC(=O)c2cc(F)c(NN)c(F)c2)n1. The predicted octanol–water partition coefficient (Wildman–Crippen LogP) is 2.27. The molecular formula is C11H10F2N4OS. The summed E-state index contributed by atoms with van der Waals surface area (Å²) in [6.45, 7) is 1.77. The number of nitrogens with one attached hydrogen (secondary N) is 2. The Morgan fingerprint density at radius 3 is 2.47 bits per heavy atom. The number of thiazole rings is 1. The summed E-state index contributed by atoms with van der Waals surface area (Å²) < 4.78 is 26.9. The number of aromatic nitrogens is 1. The molecule has 1 amide bonds. The molecule has 0 atom stereocenters. The summed E-state index contributed by atoms with van der Waals surface area (Å²) in [6.07, 6.45) is 0. The van der Waals surface area contributed by atoms with Gasteiger partial charge in [-0.15, -0.1) is 11.3 Å². The third kappa shape index (κ3) is 2.85. The van der Waals surface area contributed by atoms with Crippen molar-refractivity contribution in [2.24, 2.45) is 5.84 Å². The number of hydrazine groups is 1. The van der Waals surface area contributed by atoms with Crippen molar-refractivity contribution in [3.05, 3.63) is 40.4 Å². The van der Waals surface area contributed by atoms with Crippen LogP contribution in [0, 0.1) is 18.6 Å². The average molecular weight is 284 g/mol. The predicted molar refractivity (Wildman–Crippen MR) is 69.0 cm³/mol. The van der Waals surface area contributed by atoms with Gasteiger partial charge in [-0.25, -0.2) is 13.8 Å². The number of amides is 1. The molecule has 0 aliphatic carbocycles. The van der Waals surface area contributed by atoms with Crippen LogP contribution in [0.4, 0.5) is 19.6 Å². The second-order valence-corrected chi connectivity index (χ2v) is 4.57. The fourth-order valence-corrected chi connectivity index (χ4v) is 2.11. The first-order valence-corrected chi connectivity index (χ1v) is 6.08. The Hall–Kier alpha value is -2.06. The number of nitrogens with zero attached hydrogens (tertiary/aromatic N) is 1. The summed E-state index contributed by atoms with van der Waals surface area (Å²) >= 11 is 1.23. The molecule has 1 heterocycles. The number of rotatable bonds is 3. The highest BCUT2D eigenvalue weighted by Crippen LogP contribution is 2.21. The van der Waals surface area contributed by atoms with E-state index in [1.807, 2.05) is 5.43 Å². The number of anilines is 2. The monoisotopic (exact) mass is 284 g/mol. The lowest BCUT2D eigenvalue weighted by Crippen LogP contribution is -2.15. The maximum absolute atomic E-state index is 13.4. The lowest BCUT2D eigenvalue weighted by Gasteiger charge is -2.07. The molecule has 0 bridgehead atoms. The molecule has 0 fully saturated rings. The molecule has 4 N–H and O–H groups in total. The Labute approximate surface area is 111 Å². The van der Waals surface area contributed by atoms with E-state index in [0.717, 1.165) is 17.8 Å². The van der Waals surface area contributed by atoms with Gasteiger partial charge in [0.2, 0.25) is 0 Å². The highest BCUT2D eigenvalue weighted by atomic mass is 32.1. The number of benzene rings is 1. The average Bonchev–Trinajstić information content (AvgIpc) is 2.74. The number of nitrogens with two attached hydrogens (primary N) is 1. The van der Waals surface area contributed by atoms with Gasteiger partial charge in [-0.3, -0.25) is 16.0 Å². The highest BCUT2D eigenvalue weighted by Gasteiger charge is 2.15. The van der Waals surface area contributed by atoms with Gasteiger partial charge in [0.05, 0.1) is 5.69 Å². The third-order valence-electron chi connectivity index (χ3n) is 2.29. The van der Waals surface area contributed by atoms with E-state index in [9.17, 15) is 13.6 Å². The van der Waals surface area contributed by atoms with E-state index in [2.05, 4.69) is 10.3 Å². The Bertz CT molecular complexity index is 606. The molecule has 0 saturated carbocycles. The highest BCUT2D eigenvalue weighted by molar-refractivity contribution is 7.13. The maximum Gasteiger partial charge on any atom is 0.257 e. The van der Waals surface area contributed by atoms with Crippen LogP contribution in [0.5, 0.6) is 0 Å². The lowest BCUT2D eigenvalue weighted by atomic mass is 10.1. The summed E-state index contributed by atoms with van der Waals surface area (Å²) in [7, 11) is 0. The Morgan fingerprint density at radius 2 is 2.00 bits per heavy atom. The molecule has 5 nitrogen and oxygen atoms in total. The first-order chi connectivity index (χ1) is 9.01. The van der Waals surface area contributed by atoms with E-state index in [4.69, 9.17) is 5.84 Å². The number of hydrogen-bond acceptors (Lipinski definition) is 5. The van der Waals surface area contributed by atoms with E-state index in [0.29, 0.717) is 5.13 Å². The molecule has 0 saturated heterocycles. The maximum atomic E-state index is 13.4. The summed E-state index contributed by atoms with van der Waals surface area (Å²) in [5.74, 6) is 2.44. The second-order valence-electron chi connectivity index (χ2n) is 3.71. The van der Waals surface area contributed by atoms with Crippen LogP contribution in [0.25, 0.3) is 0 Å². The first-order valence-electron chi connectivity index (χ1n) is 5.20. The number of hydrogen-bond donors (Lipinski definition) is 3. The number of nitrogen functional groups attached to an aromatic ring is 1. The van der Waals surface area contributed by atoms with E-state index in [1.165, 1.54) is 11.3 Å². The molecule has 0 unspecified atom stereocenters. The Balaban J connectivity index is 2.24. The topological polar surface area (TPSA) is 80.0 Å². The second kappa shape index (κ2) is 5.29. The number of aryl methyl sites for hydroxylation is 1. The smallest absolute Gasteiger partial charge is 0.257 e. The quantitative estimate of drug-likeness (QED) is 0.596. The lowest BCUT2D eigenvalue weighted by molar-refractivity contribution is 0.102. The van der Waals surface area contributed by atoms with Gasteiger partial charge < -0.3 is 5.43 Å². The summed E-state index contributed by atoms with van der Waals surface area (Å²) in [5, 5.41) is 4.57. The summed E-state index contributed by atoms with van der Waals surface area (Å²) in [6, 6.07) is 1.79. The van der Waals surface area contributed by atoms with E-state index >= 15 is 0 Å². The van der Waals surface area contributed by atoms with Crippen LogP contribution in [-0.2, 0) is 0 Å². The fraction of sp³-hybridized carbons (Fsp3) is 0.0909. The van der Waals surface area contributed by atoms with Gasteiger partial charge in [0.1, 0.15) is 5.69 Å². The van der Waals surface area contributed by atoms with Gasteiger partial charge in [-0.05, 0) is 19.1 Å². The summed E-state index contributed by atoms with van der Waals surface area (Å²) in [5.41, 5.74) is 2.01. The van der Waals surface area contributed by atoms with E-state index < -0.39 is 23.2 Å². The standard InChI is InChI=1S/C11H10F2N4OS/c1-5-4-19-11(15-5)16-10(18)6-2-7(12)9(17-14)8(13)3-6/h2-4,17H,14H2,1H3,(H,15,16,18). The zero-order valence-corrected chi connectivity index (χ0v) is 10.6. The number of halogens is 2. The van der Waals surface area contributed by atoms with Gasteiger partial charge in [-0.2, -0.15) is 0 Å². The van der Waals surface area contributed by atoms with Gasteiger partial charge in [0, 0.05) is 10.9 Å². The van der Waals surface area contributed by atoms with Crippen molar-refractivity contribution in [1.29, 1.82) is 0 Å². The molecule has 2 aromatic rings. The minimum Gasteiger partial charge on any atom is -0.319 e. The van der Waals surface area contributed by atoms with E-state index in [-0.39, 0.29) is 5.56 Å². The van der Waals surface area contributed by atoms with Crippen molar-refractivity contribution in [3.8, 4) is 0 Å². The van der Waals surface area contributed by atoms with Crippen molar-refractivity contribution in [1.82, 2.24) is 4.98 Å². The van der Waals surface area contributed by atoms with E-state index in [1.54, 1.807) is 12.3 Å². The van der Waals surface area contributed by atoms with Crippen LogP contribution in [-0.4, -0.2) is 10.9 Å². The molecule has 0 aliphatic heterocycles. The van der Waals surface area contributed by atoms with Gasteiger partial charge >= 0.3 is 0 Å². The van der Waals surface area contributed by atoms with Gasteiger partial charge in [-0.1, -0.05) is 0 Å². The van der Waals surface area contributed by atoms with Gasteiger partial charge in [0.25, 0.3) is 5.91 Å². The van der Waals surface area contributed by atoms with Crippen molar-refractivity contribution in [2.45, 2.75) is 6.92 Å². The largest absolute Gasteiger partial charge is 0.319 e. The normalized spacial score (nSPS) is 10.3. The Kier molecular flexibility index (Phi) is 3.72. The molecule has 0 aliphatic rings. The van der Waals surface area contributed by atoms with Gasteiger partial charge in [0.15, 0.2) is 16.8 Å². The minimum atomic E-state index is -0.942. The molecular weight excluding hydrogens is 274 g/mol. The molecule has 1 aromatic heterocycles. The molecule has 1 aromatic carbocycles.